The Morgan fingerprint density at radius 2 is 2.20 bits per heavy atom. The number of nitrogens with zero attached hydrogens (tertiary/aromatic N) is 4. The Labute approximate surface area is 124 Å². The van der Waals surface area contributed by atoms with Crippen LogP contribution in [0.15, 0.2) is 6.33 Å². The number of unbranched alkanes of at least 4 members (excludes halogenated alkanes) is 1. The minimum absolute atomic E-state index is 0.481. The van der Waals surface area contributed by atoms with E-state index in [1.165, 1.54) is 32.0 Å². The zero-order valence-corrected chi connectivity index (χ0v) is 13.1. The van der Waals surface area contributed by atoms with E-state index in [9.17, 15) is 0 Å². The van der Waals surface area contributed by atoms with Gasteiger partial charge in [0.25, 0.3) is 5.78 Å². The van der Waals surface area contributed by atoms with E-state index < -0.39 is 0 Å². The molecule has 6 heteroatoms. The number of aromatic nitrogens is 4. The first-order valence-electron chi connectivity index (χ1n) is 7.27. The van der Waals surface area contributed by atoms with E-state index in [1.54, 1.807) is 4.52 Å². The van der Waals surface area contributed by atoms with E-state index in [0.29, 0.717) is 16.8 Å². The molecule has 5 nitrogen and oxygen atoms in total. The molecule has 0 aliphatic heterocycles. The third kappa shape index (κ3) is 3.20. The molecule has 0 saturated carbocycles. The summed E-state index contributed by atoms with van der Waals surface area (Å²) >= 11 is 6.15. The van der Waals surface area contributed by atoms with E-state index in [1.807, 2.05) is 6.92 Å². The molecular formula is C14H22ClN5. The van der Waals surface area contributed by atoms with Crippen molar-refractivity contribution in [1.82, 2.24) is 19.6 Å². The predicted molar refractivity (Wildman–Crippen MR) is 82.3 cm³/mol. The number of anilines is 1. The van der Waals surface area contributed by atoms with Crippen molar-refractivity contribution < 1.29 is 0 Å². The van der Waals surface area contributed by atoms with Crippen LogP contribution in [0.3, 0.4) is 0 Å². The van der Waals surface area contributed by atoms with E-state index in [-0.39, 0.29) is 0 Å². The Balaban J connectivity index is 2.16. The van der Waals surface area contributed by atoms with Crippen LogP contribution in [0.2, 0.25) is 5.15 Å². The maximum Gasteiger partial charge on any atom is 0.255 e. The molecule has 0 fully saturated rings. The van der Waals surface area contributed by atoms with Crippen molar-refractivity contribution in [3.05, 3.63) is 17.0 Å². The fourth-order valence-electron chi connectivity index (χ4n) is 2.29. The molecule has 2 rings (SSSR count). The summed E-state index contributed by atoms with van der Waals surface area (Å²) < 4.78 is 1.72. The van der Waals surface area contributed by atoms with Crippen molar-refractivity contribution >= 4 is 23.2 Å². The summed E-state index contributed by atoms with van der Waals surface area (Å²) in [5.41, 5.74) is 0.912. The van der Waals surface area contributed by atoms with Gasteiger partial charge in [-0.15, -0.1) is 0 Å². The summed E-state index contributed by atoms with van der Waals surface area (Å²) in [6.07, 6.45) is 6.43. The largest absolute Gasteiger partial charge is 0.369 e. The Hall–Kier alpha value is -1.36. The van der Waals surface area contributed by atoms with Crippen LogP contribution in [-0.2, 0) is 0 Å². The third-order valence-electron chi connectivity index (χ3n) is 3.71. The predicted octanol–water partition coefficient (Wildman–Crippen LogP) is 3.71. The zero-order valence-electron chi connectivity index (χ0n) is 12.4. The summed E-state index contributed by atoms with van der Waals surface area (Å²) in [7, 11) is 0. The van der Waals surface area contributed by atoms with E-state index in [2.05, 4.69) is 34.2 Å². The van der Waals surface area contributed by atoms with Crippen molar-refractivity contribution in [2.24, 2.45) is 5.92 Å². The highest BCUT2D eigenvalue weighted by Gasteiger charge is 2.13. The fraction of sp³-hybridized carbons (Fsp3) is 0.643. The summed E-state index contributed by atoms with van der Waals surface area (Å²) in [5, 5.41) is 8.17. The Bertz CT molecular complexity index is 566. The van der Waals surface area contributed by atoms with Crippen molar-refractivity contribution in [2.45, 2.75) is 46.5 Å². The van der Waals surface area contributed by atoms with Gasteiger partial charge in [-0.25, -0.2) is 0 Å². The van der Waals surface area contributed by atoms with Crippen LogP contribution >= 0.6 is 11.6 Å². The summed E-state index contributed by atoms with van der Waals surface area (Å²) in [6.45, 7) is 7.34. The van der Waals surface area contributed by atoms with Crippen LogP contribution in [0.5, 0.6) is 0 Å². The normalized spacial score (nSPS) is 12.8. The fourth-order valence-corrected chi connectivity index (χ4v) is 2.45. The number of halogens is 1. The quantitative estimate of drug-likeness (QED) is 0.791. The third-order valence-corrected chi connectivity index (χ3v) is 4.07. The molecule has 0 bridgehead atoms. The first kappa shape index (κ1) is 15.0. The van der Waals surface area contributed by atoms with Crippen molar-refractivity contribution in [3.8, 4) is 0 Å². The molecule has 1 atom stereocenters. The lowest BCUT2D eigenvalue weighted by Crippen LogP contribution is -2.17. The highest BCUT2D eigenvalue weighted by molar-refractivity contribution is 6.30. The van der Waals surface area contributed by atoms with Crippen molar-refractivity contribution in [3.63, 3.8) is 0 Å². The lowest BCUT2D eigenvalue weighted by molar-refractivity contribution is 0.472. The zero-order chi connectivity index (χ0) is 14.5. The van der Waals surface area contributed by atoms with Gasteiger partial charge in [-0.2, -0.15) is 19.6 Å². The molecule has 0 aromatic carbocycles. The monoisotopic (exact) mass is 295 g/mol. The number of hydrogen-bond donors (Lipinski definition) is 1. The Morgan fingerprint density at radius 3 is 2.90 bits per heavy atom. The van der Waals surface area contributed by atoms with Gasteiger partial charge in [0.1, 0.15) is 17.3 Å². The average molecular weight is 296 g/mol. The number of hydrogen-bond acceptors (Lipinski definition) is 4. The molecule has 1 unspecified atom stereocenters. The van der Waals surface area contributed by atoms with Gasteiger partial charge in [0, 0.05) is 12.1 Å². The van der Waals surface area contributed by atoms with E-state index in [4.69, 9.17) is 11.6 Å². The van der Waals surface area contributed by atoms with Crippen molar-refractivity contribution in [2.75, 3.05) is 11.9 Å². The van der Waals surface area contributed by atoms with Gasteiger partial charge < -0.3 is 5.32 Å². The maximum absolute atomic E-state index is 6.15. The van der Waals surface area contributed by atoms with E-state index in [0.717, 1.165) is 17.9 Å². The van der Waals surface area contributed by atoms with Crippen LogP contribution in [-0.4, -0.2) is 26.1 Å². The van der Waals surface area contributed by atoms with Crippen LogP contribution in [0.1, 0.15) is 45.1 Å². The average Bonchev–Trinajstić information content (AvgIpc) is 2.90. The van der Waals surface area contributed by atoms with Crippen LogP contribution in [0.25, 0.3) is 5.78 Å². The Morgan fingerprint density at radius 1 is 1.40 bits per heavy atom. The molecule has 110 valence electrons. The van der Waals surface area contributed by atoms with Gasteiger partial charge in [0.15, 0.2) is 0 Å². The molecule has 0 aliphatic rings. The number of fused-ring (bicyclic) bond motifs is 1. The molecule has 0 saturated heterocycles. The molecular weight excluding hydrogens is 274 g/mol. The molecule has 2 aromatic rings. The molecule has 2 heterocycles. The summed E-state index contributed by atoms with van der Waals surface area (Å²) in [6, 6.07) is 0. The van der Waals surface area contributed by atoms with Crippen LogP contribution in [0, 0.1) is 12.8 Å². The number of rotatable bonds is 7. The minimum Gasteiger partial charge on any atom is -0.369 e. The standard InChI is InChI=1S/C14H22ClN5/c1-4-6-7-11(5-2)8-16-13-10(3)12(15)19-14-17-9-18-20(13)14/h9,11,16H,4-8H2,1-3H3. The van der Waals surface area contributed by atoms with Gasteiger partial charge in [0.2, 0.25) is 0 Å². The highest BCUT2D eigenvalue weighted by atomic mass is 35.5. The molecule has 2 aromatic heterocycles. The SMILES string of the molecule is CCCCC(CC)CNc1c(C)c(Cl)nc2ncnn12. The second-order valence-electron chi connectivity index (χ2n) is 5.15. The smallest absolute Gasteiger partial charge is 0.255 e. The van der Waals surface area contributed by atoms with Gasteiger partial charge in [0.05, 0.1) is 0 Å². The van der Waals surface area contributed by atoms with Crippen LogP contribution in [0.4, 0.5) is 5.82 Å². The summed E-state index contributed by atoms with van der Waals surface area (Å²) in [4.78, 5) is 8.30. The lowest BCUT2D eigenvalue weighted by atomic mass is 9.99. The van der Waals surface area contributed by atoms with Crippen molar-refractivity contribution in [1.29, 1.82) is 0 Å². The maximum atomic E-state index is 6.15. The van der Waals surface area contributed by atoms with Gasteiger partial charge >= 0.3 is 0 Å². The second-order valence-corrected chi connectivity index (χ2v) is 5.50. The first-order chi connectivity index (χ1) is 9.67. The second kappa shape index (κ2) is 6.88. The number of nitrogens with one attached hydrogen (secondary N) is 1. The molecule has 1 N–H and O–H groups in total. The first-order valence-corrected chi connectivity index (χ1v) is 7.64. The molecule has 0 radical (unpaired) electrons. The molecule has 0 amide bonds. The summed E-state index contributed by atoms with van der Waals surface area (Å²) in [5.74, 6) is 2.09. The minimum atomic E-state index is 0.481. The topological polar surface area (TPSA) is 55.1 Å². The lowest BCUT2D eigenvalue weighted by Gasteiger charge is -2.18. The molecule has 0 spiro atoms. The molecule has 0 aliphatic carbocycles. The highest BCUT2D eigenvalue weighted by Crippen LogP contribution is 2.23. The van der Waals surface area contributed by atoms with Gasteiger partial charge in [-0.3, -0.25) is 0 Å². The van der Waals surface area contributed by atoms with Crippen LogP contribution < -0.4 is 5.32 Å². The van der Waals surface area contributed by atoms with E-state index >= 15 is 0 Å². The van der Waals surface area contributed by atoms with Gasteiger partial charge in [-0.1, -0.05) is 44.7 Å². The molecule has 20 heavy (non-hydrogen) atoms. The van der Waals surface area contributed by atoms with Gasteiger partial charge in [-0.05, 0) is 19.3 Å². The Kier molecular flexibility index (Phi) is 5.17.